The lowest BCUT2D eigenvalue weighted by atomic mass is 10.2. The van der Waals surface area contributed by atoms with E-state index < -0.39 is 0 Å². The Morgan fingerprint density at radius 1 is 1.17 bits per heavy atom. The molecule has 0 aliphatic rings. The van der Waals surface area contributed by atoms with Crippen LogP contribution in [0, 0.1) is 0 Å². The highest BCUT2D eigenvalue weighted by molar-refractivity contribution is 7.17. The van der Waals surface area contributed by atoms with Gasteiger partial charge in [0, 0.05) is 40.3 Å². The maximum absolute atomic E-state index is 4.41. The van der Waals surface area contributed by atoms with E-state index in [0.29, 0.717) is 5.92 Å². The van der Waals surface area contributed by atoms with Crippen molar-refractivity contribution in [2.24, 2.45) is 0 Å². The van der Waals surface area contributed by atoms with Crippen LogP contribution in [0.3, 0.4) is 0 Å². The highest BCUT2D eigenvalue weighted by Gasteiger charge is 2.09. The number of anilines is 1. The second-order valence-electron chi connectivity index (χ2n) is 4.14. The van der Waals surface area contributed by atoms with Gasteiger partial charge in [0.05, 0.1) is 5.01 Å². The van der Waals surface area contributed by atoms with E-state index in [1.54, 1.807) is 22.7 Å². The molecule has 0 amide bonds. The molecule has 0 saturated carbocycles. The van der Waals surface area contributed by atoms with Crippen LogP contribution in [-0.2, 0) is 0 Å². The number of hydrogen-bond acceptors (Lipinski definition) is 5. The fourth-order valence-electron chi connectivity index (χ4n) is 1.85. The number of thiazole rings is 1. The molecule has 0 fully saturated rings. The Hall–Kier alpha value is -1.46. The first-order chi connectivity index (χ1) is 8.84. The summed E-state index contributed by atoms with van der Waals surface area (Å²) in [6, 6.07) is 4.17. The molecule has 1 atom stereocenters. The second kappa shape index (κ2) is 5.04. The molecule has 3 aromatic heterocycles. The molecule has 92 valence electrons. The Bertz CT molecular complexity index is 631. The van der Waals surface area contributed by atoms with Gasteiger partial charge in [0.15, 0.2) is 0 Å². The van der Waals surface area contributed by atoms with Crippen LogP contribution in [0.25, 0.3) is 10.1 Å². The van der Waals surface area contributed by atoms with Crippen LogP contribution in [0.1, 0.15) is 17.8 Å². The van der Waals surface area contributed by atoms with Crippen molar-refractivity contribution in [3.8, 4) is 0 Å². The van der Waals surface area contributed by atoms with Gasteiger partial charge in [-0.05, 0) is 17.5 Å². The molecule has 0 spiro atoms. The van der Waals surface area contributed by atoms with Crippen molar-refractivity contribution < 1.29 is 0 Å². The SMILES string of the molecule is CC(CNc1nccc2sccc12)c1nccs1. The first-order valence-corrected chi connectivity index (χ1v) is 7.56. The summed E-state index contributed by atoms with van der Waals surface area (Å²) >= 11 is 3.45. The van der Waals surface area contributed by atoms with E-state index in [1.807, 2.05) is 17.8 Å². The van der Waals surface area contributed by atoms with Crippen LogP contribution >= 0.6 is 22.7 Å². The number of nitrogens with one attached hydrogen (secondary N) is 1. The van der Waals surface area contributed by atoms with E-state index in [1.165, 1.54) is 15.1 Å². The summed E-state index contributed by atoms with van der Waals surface area (Å²) in [5, 5.41) is 9.91. The van der Waals surface area contributed by atoms with E-state index in [0.717, 1.165) is 12.4 Å². The van der Waals surface area contributed by atoms with Crippen LogP contribution in [0.2, 0.25) is 0 Å². The predicted molar refractivity (Wildman–Crippen MR) is 78.6 cm³/mol. The minimum absolute atomic E-state index is 0.403. The summed E-state index contributed by atoms with van der Waals surface area (Å²) in [4.78, 5) is 8.75. The number of fused-ring (bicyclic) bond motifs is 1. The highest BCUT2D eigenvalue weighted by atomic mass is 32.1. The number of hydrogen-bond donors (Lipinski definition) is 1. The highest BCUT2D eigenvalue weighted by Crippen LogP contribution is 2.26. The van der Waals surface area contributed by atoms with Gasteiger partial charge < -0.3 is 5.32 Å². The molecule has 0 aliphatic carbocycles. The van der Waals surface area contributed by atoms with Crippen LogP contribution < -0.4 is 5.32 Å². The molecule has 3 heterocycles. The molecule has 0 bridgehead atoms. The maximum Gasteiger partial charge on any atom is 0.134 e. The minimum Gasteiger partial charge on any atom is -0.369 e. The van der Waals surface area contributed by atoms with E-state index in [2.05, 4.69) is 39.7 Å². The van der Waals surface area contributed by atoms with E-state index in [-0.39, 0.29) is 0 Å². The standard InChI is InChI=1S/C13H13N3S2/c1-9(13-15-5-7-18-13)8-16-12-10-3-6-17-11(10)2-4-14-12/h2-7,9H,8H2,1H3,(H,14,16). The summed E-state index contributed by atoms with van der Waals surface area (Å²) in [6.45, 7) is 3.04. The van der Waals surface area contributed by atoms with Gasteiger partial charge in [0.1, 0.15) is 5.82 Å². The van der Waals surface area contributed by atoms with Gasteiger partial charge in [-0.3, -0.25) is 0 Å². The molecule has 0 aromatic carbocycles. The fourth-order valence-corrected chi connectivity index (χ4v) is 3.33. The molecule has 1 unspecified atom stereocenters. The Balaban J connectivity index is 1.75. The molecule has 3 rings (SSSR count). The summed E-state index contributed by atoms with van der Waals surface area (Å²) < 4.78 is 1.27. The van der Waals surface area contributed by atoms with E-state index in [9.17, 15) is 0 Å². The third-order valence-electron chi connectivity index (χ3n) is 2.83. The Morgan fingerprint density at radius 3 is 2.94 bits per heavy atom. The van der Waals surface area contributed by atoms with Gasteiger partial charge in [-0.15, -0.1) is 22.7 Å². The van der Waals surface area contributed by atoms with Crippen LogP contribution in [-0.4, -0.2) is 16.5 Å². The van der Waals surface area contributed by atoms with E-state index in [4.69, 9.17) is 0 Å². The molecule has 1 N–H and O–H groups in total. The van der Waals surface area contributed by atoms with Gasteiger partial charge in [-0.25, -0.2) is 9.97 Å². The Morgan fingerprint density at radius 2 is 2.11 bits per heavy atom. The van der Waals surface area contributed by atoms with Crippen molar-refractivity contribution in [1.82, 2.24) is 9.97 Å². The topological polar surface area (TPSA) is 37.8 Å². The van der Waals surface area contributed by atoms with Gasteiger partial charge in [0.25, 0.3) is 0 Å². The molecule has 3 nitrogen and oxygen atoms in total. The third kappa shape index (κ3) is 2.23. The van der Waals surface area contributed by atoms with Crippen molar-refractivity contribution >= 4 is 38.6 Å². The molecule has 0 saturated heterocycles. The summed E-state index contributed by atoms with van der Waals surface area (Å²) in [5.41, 5.74) is 0. The number of pyridine rings is 1. The quantitative estimate of drug-likeness (QED) is 0.783. The zero-order chi connectivity index (χ0) is 12.4. The second-order valence-corrected chi connectivity index (χ2v) is 6.02. The van der Waals surface area contributed by atoms with E-state index >= 15 is 0 Å². The predicted octanol–water partition coefficient (Wildman–Crippen LogP) is 3.97. The maximum atomic E-state index is 4.41. The molecular weight excluding hydrogens is 262 g/mol. The molecular formula is C13H13N3S2. The first-order valence-electron chi connectivity index (χ1n) is 5.80. The Labute approximate surface area is 114 Å². The largest absolute Gasteiger partial charge is 0.369 e. The molecule has 18 heavy (non-hydrogen) atoms. The van der Waals surface area contributed by atoms with Crippen molar-refractivity contribution in [3.05, 3.63) is 40.3 Å². The van der Waals surface area contributed by atoms with Gasteiger partial charge in [-0.2, -0.15) is 0 Å². The lowest BCUT2D eigenvalue weighted by Gasteiger charge is -2.11. The summed E-state index contributed by atoms with van der Waals surface area (Å²) in [5.74, 6) is 1.37. The van der Waals surface area contributed by atoms with Crippen molar-refractivity contribution in [2.45, 2.75) is 12.8 Å². The number of rotatable bonds is 4. The first kappa shape index (κ1) is 11.6. The zero-order valence-electron chi connectivity index (χ0n) is 9.96. The van der Waals surface area contributed by atoms with Gasteiger partial charge in [0.2, 0.25) is 0 Å². The molecule has 5 heteroatoms. The average Bonchev–Trinajstić information content (AvgIpc) is 3.05. The average molecular weight is 275 g/mol. The van der Waals surface area contributed by atoms with Crippen molar-refractivity contribution in [2.75, 3.05) is 11.9 Å². The molecule has 0 radical (unpaired) electrons. The molecule has 3 aromatic rings. The molecule has 0 aliphatic heterocycles. The number of thiophene rings is 1. The summed E-state index contributed by atoms with van der Waals surface area (Å²) in [6.07, 6.45) is 3.71. The number of aromatic nitrogens is 2. The summed E-state index contributed by atoms with van der Waals surface area (Å²) in [7, 11) is 0. The third-order valence-corrected chi connectivity index (χ3v) is 4.72. The lowest BCUT2D eigenvalue weighted by Crippen LogP contribution is -2.10. The van der Waals surface area contributed by atoms with Crippen molar-refractivity contribution in [1.29, 1.82) is 0 Å². The lowest BCUT2D eigenvalue weighted by molar-refractivity contribution is 0.793. The normalized spacial score (nSPS) is 12.7. The van der Waals surface area contributed by atoms with Crippen molar-refractivity contribution in [3.63, 3.8) is 0 Å². The van der Waals surface area contributed by atoms with Gasteiger partial charge >= 0.3 is 0 Å². The Kier molecular flexibility index (Phi) is 3.25. The monoisotopic (exact) mass is 275 g/mol. The van der Waals surface area contributed by atoms with Gasteiger partial charge in [-0.1, -0.05) is 6.92 Å². The zero-order valence-corrected chi connectivity index (χ0v) is 11.6. The van der Waals surface area contributed by atoms with Crippen LogP contribution in [0.5, 0.6) is 0 Å². The van der Waals surface area contributed by atoms with Crippen LogP contribution in [0.15, 0.2) is 35.3 Å². The number of nitrogens with zero attached hydrogens (tertiary/aromatic N) is 2. The fraction of sp³-hybridized carbons (Fsp3) is 0.231. The smallest absolute Gasteiger partial charge is 0.134 e. The minimum atomic E-state index is 0.403. The van der Waals surface area contributed by atoms with Crippen LogP contribution in [0.4, 0.5) is 5.82 Å².